The lowest BCUT2D eigenvalue weighted by atomic mass is 10.1. The third-order valence-electron chi connectivity index (χ3n) is 3.06. The normalized spacial score (nSPS) is 14.5. The van der Waals surface area contributed by atoms with Gasteiger partial charge in [-0.1, -0.05) is 30.3 Å². The van der Waals surface area contributed by atoms with E-state index in [9.17, 15) is 19.5 Å². The largest absolute Gasteiger partial charge is 0.480 e. The van der Waals surface area contributed by atoms with E-state index in [0.29, 0.717) is 0 Å². The molecule has 0 aliphatic rings. The lowest BCUT2D eigenvalue weighted by molar-refractivity contribution is -0.142. The maximum atomic E-state index is 12.0. The number of nitrogens with two attached hydrogens (primary N) is 1. The number of amides is 2. The van der Waals surface area contributed by atoms with E-state index in [-0.39, 0.29) is 6.42 Å². The van der Waals surface area contributed by atoms with E-state index in [1.807, 2.05) is 6.07 Å². The number of carbonyl (C=O) groups excluding carboxylic acids is 2. The summed E-state index contributed by atoms with van der Waals surface area (Å²) in [4.78, 5) is 34.7. The van der Waals surface area contributed by atoms with Gasteiger partial charge in [0.2, 0.25) is 11.8 Å². The molecular weight excluding hydrogens is 286 g/mol. The van der Waals surface area contributed by atoms with Crippen molar-refractivity contribution in [1.82, 2.24) is 10.6 Å². The van der Waals surface area contributed by atoms with Crippen molar-refractivity contribution < 1.29 is 19.5 Å². The molecular formula is C15H21N3O4. The molecule has 0 heterocycles. The molecule has 1 rings (SSSR count). The van der Waals surface area contributed by atoms with Crippen LogP contribution in [0.15, 0.2) is 30.3 Å². The van der Waals surface area contributed by atoms with Gasteiger partial charge in [0.25, 0.3) is 0 Å². The minimum absolute atomic E-state index is 0.163. The van der Waals surface area contributed by atoms with Crippen LogP contribution in [0.4, 0.5) is 0 Å². The van der Waals surface area contributed by atoms with Crippen molar-refractivity contribution in [2.75, 3.05) is 0 Å². The second kappa shape index (κ2) is 8.14. The summed E-state index contributed by atoms with van der Waals surface area (Å²) in [6, 6.07) is 6.30. The highest BCUT2D eigenvalue weighted by Crippen LogP contribution is 2.04. The summed E-state index contributed by atoms with van der Waals surface area (Å²) in [6.45, 7) is 2.96. The van der Waals surface area contributed by atoms with Gasteiger partial charge in [-0.25, -0.2) is 4.79 Å². The maximum absolute atomic E-state index is 12.0. The summed E-state index contributed by atoms with van der Waals surface area (Å²) in [7, 11) is 0. The highest BCUT2D eigenvalue weighted by molar-refractivity contribution is 5.91. The first kappa shape index (κ1) is 17.6. The third-order valence-corrected chi connectivity index (χ3v) is 3.06. The van der Waals surface area contributed by atoms with Gasteiger partial charge < -0.3 is 21.5 Å². The van der Waals surface area contributed by atoms with Gasteiger partial charge in [-0.3, -0.25) is 9.59 Å². The van der Waals surface area contributed by atoms with Gasteiger partial charge in [-0.15, -0.1) is 0 Å². The van der Waals surface area contributed by atoms with Crippen molar-refractivity contribution in [2.45, 2.75) is 38.4 Å². The molecule has 0 saturated carbocycles. The standard InChI is InChI=1S/C15H21N3O4/c1-9(16)13(19)17-10(2)14(20)18-12(15(21)22)8-11-6-4-3-5-7-11/h3-7,9-10,12H,8,16H2,1-2H3,(H,17,19)(H,18,20)(H,21,22). The number of benzene rings is 1. The van der Waals surface area contributed by atoms with Gasteiger partial charge in [-0.2, -0.15) is 0 Å². The number of nitrogens with one attached hydrogen (secondary N) is 2. The van der Waals surface area contributed by atoms with E-state index in [1.54, 1.807) is 24.3 Å². The van der Waals surface area contributed by atoms with E-state index < -0.39 is 35.9 Å². The first-order valence-electron chi connectivity index (χ1n) is 6.94. The molecule has 0 aliphatic heterocycles. The van der Waals surface area contributed by atoms with Crippen molar-refractivity contribution in [1.29, 1.82) is 0 Å². The molecule has 2 amide bonds. The number of rotatable bonds is 7. The van der Waals surface area contributed by atoms with Gasteiger partial charge in [0.1, 0.15) is 12.1 Å². The van der Waals surface area contributed by atoms with Crippen LogP contribution in [0.1, 0.15) is 19.4 Å². The van der Waals surface area contributed by atoms with Crippen LogP contribution >= 0.6 is 0 Å². The summed E-state index contributed by atoms with van der Waals surface area (Å²) in [5.74, 6) is -2.18. The molecule has 3 atom stereocenters. The Kier molecular flexibility index (Phi) is 6.52. The quantitative estimate of drug-likeness (QED) is 0.548. The van der Waals surface area contributed by atoms with Crippen LogP contribution < -0.4 is 16.4 Å². The molecule has 0 fully saturated rings. The van der Waals surface area contributed by atoms with Crippen molar-refractivity contribution >= 4 is 17.8 Å². The second-order valence-electron chi connectivity index (χ2n) is 5.11. The Hall–Kier alpha value is -2.41. The fourth-order valence-corrected chi connectivity index (χ4v) is 1.76. The molecule has 0 bridgehead atoms. The molecule has 0 spiro atoms. The average molecular weight is 307 g/mol. The third kappa shape index (κ3) is 5.53. The molecule has 7 heteroatoms. The molecule has 22 heavy (non-hydrogen) atoms. The van der Waals surface area contributed by atoms with Crippen LogP contribution in [0, 0.1) is 0 Å². The van der Waals surface area contributed by atoms with Gasteiger partial charge in [-0.05, 0) is 19.4 Å². The van der Waals surface area contributed by atoms with E-state index >= 15 is 0 Å². The number of carboxylic acid groups (broad SMARTS) is 1. The maximum Gasteiger partial charge on any atom is 0.326 e. The van der Waals surface area contributed by atoms with Crippen molar-refractivity contribution in [2.24, 2.45) is 5.73 Å². The summed E-state index contributed by atoms with van der Waals surface area (Å²) >= 11 is 0. The molecule has 3 unspecified atom stereocenters. The minimum Gasteiger partial charge on any atom is -0.480 e. The van der Waals surface area contributed by atoms with Crippen LogP contribution in [0.2, 0.25) is 0 Å². The zero-order valence-electron chi connectivity index (χ0n) is 12.6. The van der Waals surface area contributed by atoms with E-state index in [2.05, 4.69) is 10.6 Å². The topological polar surface area (TPSA) is 122 Å². The van der Waals surface area contributed by atoms with Crippen molar-refractivity contribution in [3.8, 4) is 0 Å². The summed E-state index contributed by atoms with van der Waals surface area (Å²) in [5, 5.41) is 14.0. The van der Waals surface area contributed by atoms with Crippen LogP contribution in [0.25, 0.3) is 0 Å². The molecule has 5 N–H and O–H groups in total. The van der Waals surface area contributed by atoms with Crippen LogP contribution in [-0.2, 0) is 20.8 Å². The Labute approximate surface area is 128 Å². The molecule has 7 nitrogen and oxygen atoms in total. The number of hydrogen-bond acceptors (Lipinski definition) is 4. The average Bonchev–Trinajstić information content (AvgIpc) is 2.47. The molecule has 0 radical (unpaired) electrons. The van der Waals surface area contributed by atoms with Crippen molar-refractivity contribution in [3.63, 3.8) is 0 Å². The number of carboxylic acids is 1. The highest BCUT2D eigenvalue weighted by Gasteiger charge is 2.24. The minimum atomic E-state index is -1.14. The molecule has 0 aromatic heterocycles. The Balaban J connectivity index is 2.64. The van der Waals surface area contributed by atoms with Gasteiger partial charge in [0.15, 0.2) is 0 Å². The number of hydrogen-bond donors (Lipinski definition) is 4. The van der Waals surface area contributed by atoms with Gasteiger partial charge in [0.05, 0.1) is 6.04 Å². The first-order chi connectivity index (χ1) is 10.3. The predicted molar refractivity (Wildman–Crippen MR) is 81.0 cm³/mol. The number of carbonyl (C=O) groups is 3. The Morgan fingerprint density at radius 3 is 2.18 bits per heavy atom. The van der Waals surface area contributed by atoms with Gasteiger partial charge in [0, 0.05) is 6.42 Å². The fourth-order valence-electron chi connectivity index (χ4n) is 1.76. The van der Waals surface area contributed by atoms with E-state index in [0.717, 1.165) is 5.56 Å². The first-order valence-corrected chi connectivity index (χ1v) is 6.94. The Bertz CT molecular complexity index is 531. The molecule has 0 saturated heterocycles. The highest BCUT2D eigenvalue weighted by atomic mass is 16.4. The smallest absolute Gasteiger partial charge is 0.326 e. The van der Waals surface area contributed by atoms with E-state index in [4.69, 9.17) is 5.73 Å². The fraction of sp³-hybridized carbons (Fsp3) is 0.400. The summed E-state index contributed by atoms with van der Waals surface area (Å²) in [5.41, 5.74) is 6.19. The SMILES string of the molecule is CC(N)C(=O)NC(C)C(=O)NC(Cc1ccccc1)C(=O)O. The van der Waals surface area contributed by atoms with Crippen LogP contribution in [0.5, 0.6) is 0 Å². The lowest BCUT2D eigenvalue weighted by Crippen LogP contribution is -2.53. The monoisotopic (exact) mass is 307 g/mol. The molecule has 1 aromatic carbocycles. The van der Waals surface area contributed by atoms with Gasteiger partial charge >= 0.3 is 5.97 Å². The zero-order chi connectivity index (χ0) is 16.7. The van der Waals surface area contributed by atoms with Crippen molar-refractivity contribution in [3.05, 3.63) is 35.9 Å². The Morgan fingerprint density at radius 2 is 1.68 bits per heavy atom. The number of aliphatic carboxylic acids is 1. The van der Waals surface area contributed by atoms with Crippen LogP contribution in [0.3, 0.4) is 0 Å². The zero-order valence-corrected chi connectivity index (χ0v) is 12.6. The van der Waals surface area contributed by atoms with Crippen LogP contribution in [-0.4, -0.2) is 41.0 Å². The molecule has 1 aromatic rings. The Morgan fingerprint density at radius 1 is 1.09 bits per heavy atom. The summed E-state index contributed by atoms with van der Waals surface area (Å²) in [6.07, 6.45) is 0.163. The predicted octanol–water partition coefficient (Wildman–Crippen LogP) is -0.350. The second-order valence-corrected chi connectivity index (χ2v) is 5.11. The molecule has 0 aliphatic carbocycles. The van der Waals surface area contributed by atoms with E-state index in [1.165, 1.54) is 13.8 Å². The summed E-state index contributed by atoms with van der Waals surface area (Å²) < 4.78 is 0. The molecule has 120 valence electrons. The lowest BCUT2D eigenvalue weighted by Gasteiger charge is -2.19.